The second-order valence-electron chi connectivity index (χ2n) is 15.1. The fourth-order valence-corrected chi connectivity index (χ4v) is 22.1. The maximum atomic E-state index is 4.40. The van der Waals surface area contributed by atoms with Crippen LogP contribution in [0.1, 0.15) is 151 Å². The first kappa shape index (κ1) is 39.7. The molecule has 0 heterocycles. The van der Waals surface area contributed by atoms with Gasteiger partial charge in [0.15, 0.2) is 0 Å². The largest absolute Gasteiger partial charge is 0.285 e. The van der Waals surface area contributed by atoms with E-state index in [-0.39, 0.29) is 0 Å². The minimum Gasteiger partial charge on any atom is -0.285 e. The lowest BCUT2D eigenvalue weighted by Crippen LogP contribution is -2.49. The first-order valence-corrected chi connectivity index (χ1v) is 26.9. The highest BCUT2D eigenvalue weighted by molar-refractivity contribution is 7.71. The van der Waals surface area contributed by atoms with E-state index in [9.17, 15) is 0 Å². The summed E-state index contributed by atoms with van der Waals surface area (Å²) in [4.78, 5) is 0. The minimum absolute atomic E-state index is 0.583. The fourth-order valence-electron chi connectivity index (χ4n) is 8.37. The van der Waals surface area contributed by atoms with Gasteiger partial charge in [-0.3, -0.25) is 5.09 Å². The number of benzene rings is 2. The van der Waals surface area contributed by atoms with Crippen LogP contribution in [0.15, 0.2) is 48.5 Å². The zero-order chi connectivity index (χ0) is 33.1. The summed E-state index contributed by atoms with van der Waals surface area (Å²) in [5.74, 6) is 0. The number of rotatable bonds is 24. The van der Waals surface area contributed by atoms with E-state index in [1.165, 1.54) is 145 Å². The number of nitrogens with one attached hydrogen (secondary N) is 1. The van der Waals surface area contributed by atoms with Crippen LogP contribution in [-0.4, -0.2) is 22.2 Å². The van der Waals surface area contributed by atoms with Crippen LogP contribution < -0.4 is 26.1 Å². The van der Waals surface area contributed by atoms with Crippen LogP contribution in [-0.2, 0) is 0 Å². The Morgan fingerprint density at radius 1 is 0.522 bits per heavy atom. The summed E-state index contributed by atoms with van der Waals surface area (Å²) in [6.45, 7) is 14.4. The lowest BCUT2D eigenvalue weighted by atomic mass is 9.96. The molecule has 0 saturated heterocycles. The molecule has 0 atom stereocenters. The molecule has 260 valence electrons. The van der Waals surface area contributed by atoms with Crippen LogP contribution in [0.4, 0.5) is 0 Å². The van der Waals surface area contributed by atoms with Gasteiger partial charge in [0.1, 0.15) is 0 Å². The number of hydrogen-bond donors (Lipinski definition) is 1. The first-order valence-electron chi connectivity index (χ1n) is 20.3. The van der Waals surface area contributed by atoms with Gasteiger partial charge in [-0.2, -0.15) is 0 Å². The van der Waals surface area contributed by atoms with Gasteiger partial charge in [0.05, 0.1) is 16.1 Å². The molecule has 1 aliphatic carbocycles. The average molecular weight is 680 g/mol. The molecule has 0 unspecified atom stereocenters. The fraction of sp³-hybridized carbons (Fsp3) is 0.714. The summed E-state index contributed by atoms with van der Waals surface area (Å²) in [6, 6.07) is 30.3. The molecular weight excluding hydrogens is 606 g/mol. The third-order valence-electron chi connectivity index (χ3n) is 11.4. The van der Waals surface area contributed by atoms with Crippen molar-refractivity contribution >= 4 is 45.2 Å². The Morgan fingerprint density at radius 3 is 1.20 bits per heavy atom. The molecule has 3 rings (SSSR count). The lowest BCUT2D eigenvalue weighted by molar-refractivity contribution is 0.422. The second kappa shape index (κ2) is 22.1. The molecule has 1 fully saturated rings. The SMILES string of the molecule is CCCC[Si](CCCC)(CCCC)c1cccc(P(NC2CCCCC2)c2cccc([Si](CCCC)(CCCC)CCCC)c2)c1. The molecule has 46 heavy (non-hydrogen) atoms. The second-order valence-corrected chi connectivity index (χ2v) is 26.3. The van der Waals surface area contributed by atoms with Gasteiger partial charge >= 0.3 is 0 Å². The van der Waals surface area contributed by atoms with Crippen LogP contribution in [0.5, 0.6) is 0 Å². The Morgan fingerprint density at radius 2 is 0.870 bits per heavy atom. The van der Waals surface area contributed by atoms with Gasteiger partial charge in [0.25, 0.3) is 0 Å². The van der Waals surface area contributed by atoms with Crippen molar-refractivity contribution in [2.75, 3.05) is 0 Å². The molecule has 1 N–H and O–H groups in total. The van der Waals surface area contributed by atoms with E-state index in [0.717, 1.165) is 0 Å². The third kappa shape index (κ3) is 11.7. The molecule has 0 aliphatic heterocycles. The maximum absolute atomic E-state index is 4.40. The summed E-state index contributed by atoms with van der Waals surface area (Å²) >= 11 is 0. The Balaban J connectivity index is 2.13. The van der Waals surface area contributed by atoms with E-state index in [1.54, 1.807) is 21.0 Å². The minimum atomic E-state index is -1.56. The summed E-state index contributed by atoms with van der Waals surface area (Å²) < 4.78 is 0. The van der Waals surface area contributed by atoms with Crippen molar-refractivity contribution in [3.8, 4) is 0 Å². The molecule has 2 aromatic carbocycles. The van der Waals surface area contributed by atoms with Gasteiger partial charge < -0.3 is 0 Å². The topological polar surface area (TPSA) is 12.0 Å². The molecule has 1 nitrogen and oxygen atoms in total. The van der Waals surface area contributed by atoms with Crippen molar-refractivity contribution in [1.29, 1.82) is 0 Å². The van der Waals surface area contributed by atoms with Crippen LogP contribution in [0.25, 0.3) is 0 Å². The van der Waals surface area contributed by atoms with Crippen molar-refractivity contribution in [1.82, 2.24) is 5.09 Å². The zero-order valence-corrected chi connectivity index (χ0v) is 34.3. The van der Waals surface area contributed by atoms with Crippen molar-refractivity contribution in [2.24, 2.45) is 0 Å². The monoisotopic (exact) mass is 680 g/mol. The third-order valence-corrected chi connectivity index (χ3v) is 24.6. The molecular formula is C42H74NPSi2. The molecule has 0 bridgehead atoms. The van der Waals surface area contributed by atoms with Crippen LogP contribution in [0.2, 0.25) is 36.3 Å². The Kier molecular flexibility index (Phi) is 19.1. The van der Waals surface area contributed by atoms with Crippen molar-refractivity contribution < 1.29 is 0 Å². The van der Waals surface area contributed by atoms with Gasteiger partial charge in [0, 0.05) is 14.1 Å². The van der Waals surface area contributed by atoms with Crippen LogP contribution in [0, 0.1) is 0 Å². The van der Waals surface area contributed by atoms with E-state index in [1.807, 2.05) is 0 Å². The highest BCUT2D eigenvalue weighted by Gasteiger charge is 2.36. The van der Waals surface area contributed by atoms with E-state index >= 15 is 0 Å². The first-order chi connectivity index (χ1) is 22.5. The lowest BCUT2D eigenvalue weighted by Gasteiger charge is -2.35. The molecule has 0 amide bonds. The highest BCUT2D eigenvalue weighted by Crippen LogP contribution is 2.35. The molecule has 2 aromatic rings. The summed E-state index contributed by atoms with van der Waals surface area (Å²) in [7, 11) is -3.71. The summed E-state index contributed by atoms with van der Waals surface area (Å²) in [5, 5.41) is 11.2. The Labute approximate surface area is 290 Å². The normalized spacial score (nSPS) is 14.8. The van der Waals surface area contributed by atoms with Crippen LogP contribution in [0.3, 0.4) is 0 Å². The van der Waals surface area contributed by atoms with E-state index < -0.39 is 24.2 Å². The molecule has 1 aliphatic rings. The van der Waals surface area contributed by atoms with E-state index in [4.69, 9.17) is 0 Å². The predicted molar refractivity (Wildman–Crippen MR) is 218 cm³/mol. The predicted octanol–water partition coefficient (Wildman–Crippen LogP) is 12.1. The van der Waals surface area contributed by atoms with E-state index in [0.29, 0.717) is 6.04 Å². The van der Waals surface area contributed by atoms with E-state index in [2.05, 4.69) is 95.2 Å². The van der Waals surface area contributed by atoms with Crippen molar-refractivity contribution in [3.05, 3.63) is 48.5 Å². The van der Waals surface area contributed by atoms with Gasteiger partial charge in [-0.05, 0) is 23.5 Å². The van der Waals surface area contributed by atoms with Crippen LogP contribution >= 0.6 is 8.07 Å². The van der Waals surface area contributed by atoms with Gasteiger partial charge in [-0.15, -0.1) is 0 Å². The zero-order valence-electron chi connectivity index (χ0n) is 31.4. The maximum Gasteiger partial charge on any atom is 0.0867 e. The summed E-state index contributed by atoms with van der Waals surface area (Å²) in [6.07, 6.45) is 23.3. The van der Waals surface area contributed by atoms with Gasteiger partial charge in [-0.1, -0.05) is 233 Å². The highest BCUT2D eigenvalue weighted by atomic mass is 31.1. The average Bonchev–Trinajstić information content (AvgIpc) is 3.11. The quantitative estimate of drug-likeness (QED) is 0.0860. The molecule has 4 heteroatoms. The smallest absolute Gasteiger partial charge is 0.0867 e. The molecule has 0 spiro atoms. The standard InChI is InChI=1S/C42H74NPSi2/c1-7-13-30-45(31-14-8-2,32-15-9-3)41-28-22-26-39(36-41)44(43-38-24-20-19-21-25-38)40-27-23-29-42(37-40)46(33-16-10-4,34-17-11-5)35-18-12-6/h22-23,26-29,36-38,43H,7-21,24-25,30-35H2,1-6H3. The van der Waals surface area contributed by atoms with Crippen molar-refractivity contribution in [3.63, 3.8) is 0 Å². The molecule has 1 saturated carbocycles. The number of unbranched alkanes of at least 4 members (excludes halogenated alkanes) is 6. The summed E-state index contributed by atoms with van der Waals surface area (Å²) in [5.41, 5.74) is 0. The molecule has 0 radical (unpaired) electrons. The van der Waals surface area contributed by atoms with Gasteiger partial charge in [0.2, 0.25) is 0 Å². The molecule has 0 aromatic heterocycles. The Hall–Kier alpha value is -0.736. The Bertz CT molecular complexity index is 962. The van der Waals surface area contributed by atoms with Crippen molar-refractivity contribution in [2.45, 2.75) is 193 Å². The number of hydrogen-bond acceptors (Lipinski definition) is 1. The van der Waals surface area contributed by atoms with Gasteiger partial charge in [-0.25, -0.2) is 0 Å².